The van der Waals surface area contributed by atoms with E-state index < -0.39 is 6.41 Å². The fourth-order valence-electron chi connectivity index (χ4n) is 1.39. The van der Waals surface area contributed by atoms with Crippen LogP contribution >= 0.6 is 0 Å². The van der Waals surface area contributed by atoms with Crippen molar-refractivity contribution in [2.75, 3.05) is 0 Å². The number of hydrogen-bond donors (Lipinski definition) is 1. The number of hydroxylamine groups is 1. The highest BCUT2D eigenvalue weighted by atomic mass is 16.8. The number of benzene rings is 2. The zero-order valence-corrected chi connectivity index (χ0v) is 10.0. The van der Waals surface area contributed by atoms with Gasteiger partial charge in [-0.1, -0.05) is 41.9 Å². The van der Waals surface area contributed by atoms with Crippen LogP contribution in [0.2, 0.25) is 0 Å². The van der Waals surface area contributed by atoms with Crippen LogP contribution in [0.5, 0.6) is 11.5 Å². The molecule has 0 spiro atoms. The Hall–Kier alpha value is -2.71. The normalized spacial score (nSPS) is 9.68. The molecule has 0 atom stereocenters. The second-order valence-electron chi connectivity index (χ2n) is 3.50. The lowest BCUT2D eigenvalue weighted by molar-refractivity contribution is -0.101. The molecule has 0 saturated carbocycles. The number of nitrogens with one attached hydrogen (secondary N) is 1. The fraction of sp³-hybridized carbons (Fsp3) is 0.0714. The van der Waals surface area contributed by atoms with E-state index in [2.05, 4.69) is 10.3 Å². The van der Waals surface area contributed by atoms with Crippen molar-refractivity contribution in [3.63, 3.8) is 0 Å². The van der Waals surface area contributed by atoms with Crippen LogP contribution in [0.4, 0.5) is 0 Å². The maximum atomic E-state index is 8.40. The Morgan fingerprint density at radius 1 is 0.842 bits per heavy atom. The van der Waals surface area contributed by atoms with Crippen molar-refractivity contribution < 1.29 is 14.3 Å². The summed E-state index contributed by atoms with van der Waals surface area (Å²) in [5, 5.41) is 8.40. The summed E-state index contributed by atoms with van der Waals surface area (Å²) in [5.74, 6) is 1.19. The quantitative estimate of drug-likeness (QED) is 0.488. The highest BCUT2D eigenvalue weighted by molar-refractivity contribution is 5.23. The SMILES string of the molecule is N#CONC(Oc1ccccc1)Oc1ccccc1. The molecule has 0 unspecified atom stereocenters. The molecule has 2 aromatic carbocycles. The first kappa shape index (κ1) is 12.7. The third-order valence-corrected chi connectivity index (χ3v) is 2.17. The monoisotopic (exact) mass is 256 g/mol. The molecule has 19 heavy (non-hydrogen) atoms. The van der Waals surface area contributed by atoms with E-state index in [4.69, 9.17) is 14.7 Å². The fourth-order valence-corrected chi connectivity index (χ4v) is 1.39. The Labute approximate surface area is 110 Å². The number of rotatable bonds is 6. The molecule has 0 heterocycles. The second-order valence-corrected chi connectivity index (χ2v) is 3.50. The van der Waals surface area contributed by atoms with Crippen LogP contribution in [0.25, 0.3) is 0 Å². The molecule has 0 saturated heterocycles. The van der Waals surface area contributed by atoms with Crippen molar-refractivity contribution in [2.45, 2.75) is 6.41 Å². The van der Waals surface area contributed by atoms with E-state index in [0.29, 0.717) is 11.5 Å². The minimum absolute atomic E-state index is 0.595. The highest BCUT2D eigenvalue weighted by Gasteiger charge is 2.12. The Kier molecular flexibility index (Phi) is 4.62. The van der Waals surface area contributed by atoms with Crippen molar-refractivity contribution in [1.82, 2.24) is 5.48 Å². The molecule has 0 amide bonds. The van der Waals surface area contributed by atoms with E-state index in [-0.39, 0.29) is 0 Å². The van der Waals surface area contributed by atoms with E-state index in [0.717, 1.165) is 0 Å². The van der Waals surface area contributed by atoms with Gasteiger partial charge in [-0.2, -0.15) is 0 Å². The lowest BCUT2D eigenvalue weighted by Gasteiger charge is -2.19. The van der Waals surface area contributed by atoms with Gasteiger partial charge in [-0.05, 0) is 24.3 Å². The van der Waals surface area contributed by atoms with Crippen molar-refractivity contribution in [3.05, 3.63) is 60.7 Å². The van der Waals surface area contributed by atoms with E-state index >= 15 is 0 Å². The zero-order valence-electron chi connectivity index (χ0n) is 10.0. The number of hydrogen-bond acceptors (Lipinski definition) is 5. The minimum atomic E-state index is -0.926. The summed E-state index contributed by atoms with van der Waals surface area (Å²) in [5.41, 5.74) is 2.36. The molecule has 0 radical (unpaired) electrons. The van der Waals surface area contributed by atoms with Crippen LogP contribution in [-0.2, 0) is 4.84 Å². The standard InChI is InChI=1S/C14H12N2O3/c15-11-17-16-14(18-12-7-3-1-4-8-12)19-13-9-5-2-6-10-13/h1-10,14,16H. The Balaban J connectivity index is 2.02. The maximum Gasteiger partial charge on any atom is 0.334 e. The molecule has 96 valence electrons. The first-order valence-electron chi connectivity index (χ1n) is 5.62. The van der Waals surface area contributed by atoms with E-state index in [1.54, 1.807) is 24.3 Å². The molecule has 5 heteroatoms. The van der Waals surface area contributed by atoms with Crippen molar-refractivity contribution in [1.29, 1.82) is 5.26 Å². The lowest BCUT2D eigenvalue weighted by atomic mass is 10.3. The molecule has 0 aliphatic rings. The summed E-state index contributed by atoms with van der Waals surface area (Å²) in [7, 11) is 0. The molecule has 0 bridgehead atoms. The highest BCUT2D eigenvalue weighted by Crippen LogP contribution is 2.14. The Bertz CT molecular complexity index is 484. The molecule has 1 N–H and O–H groups in total. The predicted molar refractivity (Wildman–Crippen MR) is 67.8 cm³/mol. The van der Waals surface area contributed by atoms with Gasteiger partial charge in [0.2, 0.25) is 0 Å². The van der Waals surface area contributed by atoms with Gasteiger partial charge in [0.05, 0.1) is 0 Å². The van der Waals surface area contributed by atoms with E-state index in [9.17, 15) is 0 Å². The zero-order chi connectivity index (χ0) is 13.3. The molecule has 0 fully saturated rings. The van der Waals surface area contributed by atoms with Crippen LogP contribution in [-0.4, -0.2) is 6.41 Å². The van der Waals surface area contributed by atoms with Gasteiger partial charge in [0.1, 0.15) is 11.5 Å². The molecule has 2 rings (SSSR count). The van der Waals surface area contributed by atoms with Crippen LogP contribution in [0.15, 0.2) is 60.7 Å². The van der Waals surface area contributed by atoms with Gasteiger partial charge in [0.15, 0.2) is 0 Å². The van der Waals surface area contributed by atoms with Gasteiger partial charge in [0.25, 0.3) is 0 Å². The Morgan fingerprint density at radius 3 is 1.74 bits per heavy atom. The molecule has 0 aliphatic heterocycles. The summed E-state index contributed by atoms with van der Waals surface area (Å²) in [6.07, 6.45) is 0.572. The van der Waals surface area contributed by atoms with E-state index in [1.807, 2.05) is 36.4 Å². The first-order valence-corrected chi connectivity index (χ1v) is 5.62. The van der Waals surface area contributed by atoms with Gasteiger partial charge >= 0.3 is 12.7 Å². The van der Waals surface area contributed by atoms with E-state index in [1.165, 1.54) is 6.26 Å². The van der Waals surface area contributed by atoms with Crippen molar-refractivity contribution in [3.8, 4) is 17.8 Å². The van der Waals surface area contributed by atoms with Gasteiger partial charge in [-0.15, -0.1) is 5.26 Å². The molecule has 2 aromatic rings. The minimum Gasteiger partial charge on any atom is -0.440 e. The van der Waals surface area contributed by atoms with Crippen LogP contribution in [0, 0.1) is 11.5 Å². The second kappa shape index (κ2) is 6.89. The third-order valence-electron chi connectivity index (χ3n) is 2.17. The largest absolute Gasteiger partial charge is 0.440 e. The molecule has 0 aliphatic carbocycles. The van der Waals surface area contributed by atoms with Gasteiger partial charge < -0.3 is 14.3 Å². The number of nitriles is 1. The topological polar surface area (TPSA) is 63.5 Å². The molecular formula is C14H12N2O3. The van der Waals surface area contributed by atoms with Crippen molar-refractivity contribution >= 4 is 0 Å². The van der Waals surface area contributed by atoms with Gasteiger partial charge in [0, 0.05) is 0 Å². The molecule has 5 nitrogen and oxygen atoms in total. The number of ether oxygens (including phenoxy) is 2. The summed E-state index contributed by atoms with van der Waals surface area (Å²) in [6, 6.07) is 18.2. The molecular weight excluding hydrogens is 244 g/mol. The summed E-state index contributed by atoms with van der Waals surface area (Å²) in [4.78, 5) is 4.45. The van der Waals surface area contributed by atoms with Gasteiger partial charge in [-0.3, -0.25) is 0 Å². The first-order chi connectivity index (χ1) is 9.38. The third kappa shape index (κ3) is 4.22. The average Bonchev–Trinajstić information content (AvgIpc) is 2.47. The Morgan fingerprint density at radius 2 is 1.32 bits per heavy atom. The summed E-state index contributed by atoms with van der Waals surface area (Å²) < 4.78 is 11.0. The van der Waals surface area contributed by atoms with Crippen molar-refractivity contribution in [2.24, 2.45) is 0 Å². The summed E-state index contributed by atoms with van der Waals surface area (Å²) >= 11 is 0. The van der Waals surface area contributed by atoms with Gasteiger partial charge in [-0.25, -0.2) is 0 Å². The average molecular weight is 256 g/mol. The predicted octanol–water partition coefficient (Wildman–Crippen LogP) is 2.43. The number of nitrogens with zero attached hydrogens (tertiary/aromatic N) is 1. The smallest absolute Gasteiger partial charge is 0.334 e. The molecule has 0 aromatic heterocycles. The summed E-state index contributed by atoms with van der Waals surface area (Å²) in [6.45, 7) is 0. The van der Waals surface area contributed by atoms with Crippen LogP contribution in [0.1, 0.15) is 0 Å². The maximum absolute atomic E-state index is 8.40. The van der Waals surface area contributed by atoms with Crippen LogP contribution in [0.3, 0.4) is 0 Å². The lowest BCUT2D eigenvalue weighted by Crippen LogP contribution is -2.38. The number of para-hydroxylation sites is 2. The van der Waals surface area contributed by atoms with Crippen LogP contribution < -0.4 is 15.0 Å².